The highest BCUT2D eigenvalue weighted by molar-refractivity contribution is 9.10. The Labute approximate surface area is 83.7 Å². The molecule has 0 unspecified atom stereocenters. The van der Waals surface area contributed by atoms with Crippen molar-refractivity contribution in [2.75, 3.05) is 0 Å². The monoisotopic (exact) mass is 243 g/mol. The van der Waals surface area contributed by atoms with E-state index in [1.165, 1.54) is 18.4 Å². The molecule has 0 spiro atoms. The van der Waals surface area contributed by atoms with Gasteiger partial charge in [0.25, 0.3) is 0 Å². The topological polar surface area (TPSA) is 33.1 Å². The highest BCUT2D eigenvalue weighted by Crippen LogP contribution is 2.27. The van der Waals surface area contributed by atoms with E-state index in [9.17, 15) is 4.39 Å². The van der Waals surface area contributed by atoms with Gasteiger partial charge in [0.2, 0.25) is 0 Å². The summed E-state index contributed by atoms with van der Waals surface area (Å²) in [6.07, 6.45) is 2.25. The van der Waals surface area contributed by atoms with Gasteiger partial charge >= 0.3 is 0 Å². The first-order chi connectivity index (χ1) is 6.20. The summed E-state index contributed by atoms with van der Waals surface area (Å²) in [4.78, 5) is 0. The van der Waals surface area contributed by atoms with Crippen LogP contribution in [0.15, 0.2) is 29.4 Å². The Balaban J connectivity index is 3.28. The highest BCUT2D eigenvalue weighted by Gasteiger charge is 2.09. The summed E-state index contributed by atoms with van der Waals surface area (Å²) in [6.45, 7) is 3.38. The molecule has 1 aromatic rings. The number of hydrogen-bond donors (Lipinski definition) is 1. The lowest BCUT2D eigenvalue weighted by atomic mass is 10.2. The Hall–Kier alpha value is -1.16. The molecule has 0 atom stereocenters. The van der Waals surface area contributed by atoms with E-state index in [0.29, 0.717) is 11.3 Å². The molecule has 1 rings (SSSR count). The third-order valence-corrected chi connectivity index (χ3v) is 2.25. The van der Waals surface area contributed by atoms with Crippen LogP contribution < -0.4 is 4.74 Å². The summed E-state index contributed by atoms with van der Waals surface area (Å²) in [7, 11) is 0. The van der Waals surface area contributed by atoms with Crippen molar-refractivity contribution in [1.82, 2.24) is 0 Å². The van der Waals surface area contributed by atoms with Crippen molar-refractivity contribution in [1.29, 1.82) is 5.41 Å². The zero-order valence-corrected chi connectivity index (χ0v) is 8.27. The van der Waals surface area contributed by atoms with Crippen molar-refractivity contribution < 1.29 is 9.13 Å². The van der Waals surface area contributed by atoms with Gasteiger partial charge in [0.1, 0.15) is 11.6 Å². The average molecular weight is 244 g/mol. The fourth-order valence-electron chi connectivity index (χ4n) is 0.876. The third-order valence-electron chi connectivity index (χ3n) is 1.45. The minimum atomic E-state index is -0.421. The Bertz CT molecular complexity index is 352. The lowest BCUT2D eigenvalue weighted by molar-refractivity contribution is 0.479. The number of hydrogen-bond acceptors (Lipinski definition) is 2. The lowest BCUT2D eigenvalue weighted by Crippen LogP contribution is -1.92. The summed E-state index contributed by atoms with van der Waals surface area (Å²) in [5.74, 6) is -0.0202. The first kappa shape index (κ1) is 9.92. The van der Waals surface area contributed by atoms with E-state index < -0.39 is 5.82 Å². The van der Waals surface area contributed by atoms with Gasteiger partial charge in [-0.05, 0) is 28.1 Å². The molecular weight excluding hydrogens is 237 g/mol. The quantitative estimate of drug-likeness (QED) is 0.643. The lowest BCUT2D eigenvalue weighted by Gasteiger charge is -2.06. The van der Waals surface area contributed by atoms with Crippen LogP contribution in [0.5, 0.6) is 5.75 Å². The molecule has 0 aliphatic heterocycles. The van der Waals surface area contributed by atoms with Gasteiger partial charge in [0, 0.05) is 6.21 Å². The minimum absolute atomic E-state index is 0.224. The fraction of sp³-hybridized carbons (Fsp3) is 0. The van der Waals surface area contributed by atoms with Gasteiger partial charge in [-0.15, -0.1) is 0 Å². The predicted octanol–water partition coefficient (Wildman–Crippen LogP) is 3.11. The van der Waals surface area contributed by atoms with Crippen molar-refractivity contribution in [2.24, 2.45) is 0 Å². The van der Waals surface area contributed by atoms with Crippen LogP contribution in [0.3, 0.4) is 0 Å². The number of nitrogens with one attached hydrogen (secondary N) is 1. The van der Waals surface area contributed by atoms with Gasteiger partial charge < -0.3 is 10.1 Å². The molecular formula is C9H7BrFNO. The van der Waals surface area contributed by atoms with Crippen LogP contribution in [0.4, 0.5) is 4.39 Å². The van der Waals surface area contributed by atoms with E-state index >= 15 is 0 Å². The molecule has 0 saturated carbocycles. The first-order valence-corrected chi connectivity index (χ1v) is 4.26. The fourth-order valence-corrected chi connectivity index (χ4v) is 1.32. The van der Waals surface area contributed by atoms with Gasteiger partial charge in [-0.3, -0.25) is 0 Å². The molecule has 0 radical (unpaired) electrons. The van der Waals surface area contributed by atoms with E-state index in [1.54, 1.807) is 0 Å². The summed E-state index contributed by atoms with van der Waals surface area (Å²) < 4.78 is 18.2. The second-order valence-corrected chi connectivity index (χ2v) is 3.00. The zero-order valence-electron chi connectivity index (χ0n) is 6.68. The summed E-state index contributed by atoms with van der Waals surface area (Å²) in [5, 5.41) is 7.06. The van der Waals surface area contributed by atoms with Crippen LogP contribution in [0.25, 0.3) is 0 Å². The molecule has 0 bridgehead atoms. The van der Waals surface area contributed by atoms with E-state index in [4.69, 9.17) is 10.1 Å². The van der Waals surface area contributed by atoms with E-state index in [-0.39, 0.29) is 4.47 Å². The Kier molecular flexibility index (Phi) is 3.19. The van der Waals surface area contributed by atoms with E-state index in [2.05, 4.69) is 22.5 Å². The molecule has 0 fully saturated rings. The molecule has 0 saturated heterocycles. The van der Waals surface area contributed by atoms with Crippen molar-refractivity contribution in [3.8, 4) is 5.75 Å². The van der Waals surface area contributed by atoms with Crippen molar-refractivity contribution >= 4 is 22.1 Å². The maximum Gasteiger partial charge on any atom is 0.138 e. The second kappa shape index (κ2) is 4.18. The average Bonchev–Trinajstić information content (AvgIpc) is 2.12. The van der Waals surface area contributed by atoms with Crippen molar-refractivity contribution in [2.45, 2.75) is 0 Å². The van der Waals surface area contributed by atoms with Crippen LogP contribution in [0.2, 0.25) is 0 Å². The van der Waals surface area contributed by atoms with E-state index in [0.717, 1.165) is 6.21 Å². The van der Waals surface area contributed by atoms with Gasteiger partial charge in [0.15, 0.2) is 0 Å². The maximum atomic E-state index is 13.0. The number of halogens is 2. The van der Waals surface area contributed by atoms with Crippen LogP contribution in [-0.4, -0.2) is 6.21 Å². The zero-order chi connectivity index (χ0) is 9.84. The molecule has 0 aliphatic carbocycles. The van der Waals surface area contributed by atoms with Gasteiger partial charge in [-0.1, -0.05) is 6.58 Å². The predicted molar refractivity (Wildman–Crippen MR) is 52.8 cm³/mol. The van der Waals surface area contributed by atoms with Gasteiger partial charge in [-0.2, -0.15) is 0 Å². The standard InChI is InChI=1S/C9H7BrFNO/c1-2-13-8-4-3-7(11)9(10)6(8)5-12/h2-5,12H,1H2. The van der Waals surface area contributed by atoms with Crippen LogP contribution >= 0.6 is 15.9 Å². The van der Waals surface area contributed by atoms with Gasteiger partial charge in [0.05, 0.1) is 16.3 Å². The summed E-state index contributed by atoms with van der Waals surface area (Å²) >= 11 is 3.02. The Morgan fingerprint density at radius 2 is 2.23 bits per heavy atom. The molecule has 0 aliphatic rings. The van der Waals surface area contributed by atoms with Crippen LogP contribution in [0, 0.1) is 11.2 Å². The van der Waals surface area contributed by atoms with Gasteiger partial charge in [-0.25, -0.2) is 4.39 Å². The molecule has 68 valence electrons. The Morgan fingerprint density at radius 3 is 2.77 bits per heavy atom. The molecule has 1 aromatic carbocycles. The number of benzene rings is 1. The smallest absolute Gasteiger partial charge is 0.138 e. The minimum Gasteiger partial charge on any atom is -0.465 e. The molecule has 4 heteroatoms. The molecule has 0 heterocycles. The van der Waals surface area contributed by atoms with Crippen molar-refractivity contribution in [3.63, 3.8) is 0 Å². The third kappa shape index (κ3) is 1.95. The molecule has 0 amide bonds. The summed E-state index contributed by atoms with van der Waals surface area (Å²) in [5.41, 5.74) is 0.361. The first-order valence-electron chi connectivity index (χ1n) is 3.46. The maximum absolute atomic E-state index is 13.0. The molecule has 13 heavy (non-hydrogen) atoms. The Morgan fingerprint density at radius 1 is 1.54 bits per heavy atom. The molecule has 1 N–H and O–H groups in total. The molecule has 2 nitrogen and oxygen atoms in total. The SMILES string of the molecule is C=COc1ccc(F)c(Br)c1C=N. The van der Waals surface area contributed by atoms with Crippen LogP contribution in [0.1, 0.15) is 5.56 Å². The normalized spacial score (nSPS) is 9.38. The second-order valence-electron chi connectivity index (χ2n) is 2.20. The number of ether oxygens (including phenoxy) is 1. The van der Waals surface area contributed by atoms with E-state index in [1.807, 2.05) is 0 Å². The van der Waals surface area contributed by atoms with Crippen molar-refractivity contribution in [3.05, 3.63) is 40.8 Å². The molecule has 0 aromatic heterocycles. The largest absolute Gasteiger partial charge is 0.465 e. The summed E-state index contributed by atoms with van der Waals surface area (Å²) in [6, 6.07) is 2.71. The number of rotatable bonds is 3. The highest BCUT2D eigenvalue weighted by atomic mass is 79.9. The van der Waals surface area contributed by atoms with Crippen LogP contribution in [-0.2, 0) is 0 Å².